The Morgan fingerprint density at radius 1 is 1.23 bits per heavy atom. The maximum absolute atomic E-state index is 13.3. The molecule has 0 unspecified atom stereocenters. The number of halogens is 1. The predicted molar refractivity (Wildman–Crippen MR) is 150 cm³/mol. The highest BCUT2D eigenvalue weighted by Gasteiger charge is 2.34. The SMILES string of the molecule is CC1=CCN(c2c([C@H](OC(C)(C)C)C(=O)O)c(C)nc3cc(-c4ncc(Cc5ccc(F)cc5)s4)nn23)CC1. The number of ether oxygens (including phenoxy) is 1. The van der Waals surface area contributed by atoms with Gasteiger partial charge in [-0.05, 0) is 58.7 Å². The van der Waals surface area contributed by atoms with Gasteiger partial charge in [-0.3, -0.25) is 0 Å². The number of carboxylic acid groups (broad SMARTS) is 1. The van der Waals surface area contributed by atoms with Crippen molar-refractivity contribution in [2.75, 3.05) is 18.0 Å². The van der Waals surface area contributed by atoms with Crippen molar-refractivity contribution >= 4 is 28.8 Å². The van der Waals surface area contributed by atoms with Crippen LogP contribution < -0.4 is 4.90 Å². The van der Waals surface area contributed by atoms with Crippen LogP contribution in [0.5, 0.6) is 0 Å². The fourth-order valence-corrected chi connectivity index (χ4v) is 5.59. The van der Waals surface area contributed by atoms with Crippen LogP contribution >= 0.6 is 11.3 Å². The zero-order chi connectivity index (χ0) is 27.9. The lowest BCUT2D eigenvalue weighted by Gasteiger charge is -2.33. The molecule has 1 aliphatic rings. The van der Waals surface area contributed by atoms with E-state index in [1.807, 2.05) is 40.0 Å². The Labute approximate surface area is 230 Å². The molecule has 1 aliphatic heterocycles. The second-order valence-electron chi connectivity index (χ2n) is 10.9. The number of benzene rings is 1. The lowest BCUT2D eigenvalue weighted by atomic mass is 10.0. The third-order valence-corrected chi connectivity index (χ3v) is 7.58. The molecule has 0 saturated heterocycles. The van der Waals surface area contributed by atoms with E-state index in [0.29, 0.717) is 41.4 Å². The van der Waals surface area contributed by atoms with Crippen molar-refractivity contribution in [3.05, 3.63) is 75.7 Å². The van der Waals surface area contributed by atoms with Gasteiger partial charge in [0.1, 0.15) is 22.3 Å². The number of carboxylic acids is 1. The first kappa shape index (κ1) is 27.0. The molecule has 10 heteroatoms. The van der Waals surface area contributed by atoms with Gasteiger partial charge in [-0.25, -0.2) is 19.2 Å². The number of anilines is 1. The Morgan fingerprint density at radius 3 is 2.62 bits per heavy atom. The van der Waals surface area contributed by atoms with E-state index in [1.54, 1.807) is 16.6 Å². The molecule has 204 valence electrons. The Hall–Kier alpha value is -3.63. The molecule has 1 atom stereocenters. The number of aliphatic carboxylic acids is 1. The quantitative estimate of drug-likeness (QED) is 0.283. The molecule has 0 amide bonds. The summed E-state index contributed by atoms with van der Waals surface area (Å²) in [6, 6.07) is 8.34. The molecule has 4 aromatic rings. The van der Waals surface area contributed by atoms with Gasteiger partial charge in [0.05, 0.1) is 11.2 Å². The number of aryl methyl sites for hydroxylation is 1. The number of carbonyl (C=O) groups is 1. The summed E-state index contributed by atoms with van der Waals surface area (Å²) in [6.45, 7) is 10.8. The zero-order valence-electron chi connectivity index (χ0n) is 22.7. The summed E-state index contributed by atoms with van der Waals surface area (Å²) in [5, 5.41) is 15.9. The van der Waals surface area contributed by atoms with Crippen LogP contribution in [0.1, 0.15) is 61.9 Å². The van der Waals surface area contributed by atoms with Crippen molar-refractivity contribution in [2.45, 2.75) is 59.2 Å². The van der Waals surface area contributed by atoms with Crippen molar-refractivity contribution in [1.82, 2.24) is 19.6 Å². The minimum Gasteiger partial charge on any atom is -0.479 e. The van der Waals surface area contributed by atoms with Crippen LogP contribution in [-0.2, 0) is 16.0 Å². The van der Waals surface area contributed by atoms with Gasteiger partial charge in [-0.15, -0.1) is 11.3 Å². The van der Waals surface area contributed by atoms with Crippen LogP contribution in [0.3, 0.4) is 0 Å². The summed E-state index contributed by atoms with van der Waals surface area (Å²) in [4.78, 5) is 25.0. The highest BCUT2D eigenvalue weighted by Crippen LogP contribution is 2.37. The van der Waals surface area contributed by atoms with E-state index in [9.17, 15) is 14.3 Å². The summed E-state index contributed by atoms with van der Waals surface area (Å²) < 4.78 is 21.1. The summed E-state index contributed by atoms with van der Waals surface area (Å²) in [5.41, 5.74) is 3.97. The average molecular weight is 550 g/mol. The first-order chi connectivity index (χ1) is 18.5. The molecule has 0 aliphatic carbocycles. The van der Waals surface area contributed by atoms with Gasteiger partial charge in [0.15, 0.2) is 11.8 Å². The molecule has 0 spiro atoms. The number of hydrogen-bond donors (Lipinski definition) is 1. The number of aromatic nitrogens is 4. The molecule has 0 saturated carbocycles. The molecule has 4 heterocycles. The zero-order valence-corrected chi connectivity index (χ0v) is 23.5. The number of nitrogens with zero attached hydrogens (tertiary/aromatic N) is 5. The van der Waals surface area contributed by atoms with Crippen molar-refractivity contribution in [1.29, 1.82) is 0 Å². The second-order valence-corrected chi connectivity index (χ2v) is 12.0. The van der Waals surface area contributed by atoms with Gasteiger partial charge >= 0.3 is 5.97 Å². The van der Waals surface area contributed by atoms with Crippen LogP contribution in [0.15, 0.2) is 48.2 Å². The van der Waals surface area contributed by atoms with Crippen molar-refractivity contribution in [2.24, 2.45) is 0 Å². The maximum atomic E-state index is 13.3. The minimum atomic E-state index is -1.21. The van der Waals surface area contributed by atoms with Gasteiger partial charge in [0, 0.05) is 42.3 Å². The van der Waals surface area contributed by atoms with Crippen LogP contribution in [0, 0.1) is 12.7 Å². The Morgan fingerprint density at radius 2 is 1.97 bits per heavy atom. The van der Waals surface area contributed by atoms with Crippen molar-refractivity contribution < 1.29 is 19.0 Å². The fraction of sp³-hybridized carbons (Fsp3) is 0.379. The van der Waals surface area contributed by atoms with Gasteiger partial charge in [-0.1, -0.05) is 23.8 Å². The van der Waals surface area contributed by atoms with Crippen LogP contribution in [0.25, 0.3) is 16.3 Å². The topological polar surface area (TPSA) is 92.8 Å². The summed E-state index contributed by atoms with van der Waals surface area (Å²) in [5.74, 6) is -0.659. The maximum Gasteiger partial charge on any atom is 0.337 e. The largest absolute Gasteiger partial charge is 0.479 e. The van der Waals surface area contributed by atoms with Gasteiger partial charge in [0.25, 0.3) is 0 Å². The standard InChI is InChI=1S/C29H32FN5O3S/c1-17-10-12-34(13-11-17)27-24(25(28(36)37)38-29(3,4)5)18(2)32-23-15-22(33-35(23)27)26-31-16-21(39-26)14-19-6-8-20(30)9-7-19/h6-10,15-16,25H,11-14H2,1-5H3,(H,36,37)/t25-/m0/s1. The number of thiazole rings is 1. The van der Waals surface area contributed by atoms with Crippen LogP contribution in [0.2, 0.25) is 0 Å². The van der Waals surface area contributed by atoms with Crippen molar-refractivity contribution in [3.8, 4) is 10.7 Å². The molecule has 39 heavy (non-hydrogen) atoms. The van der Waals surface area contributed by atoms with Gasteiger partial charge < -0.3 is 14.7 Å². The third kappa shape index (κ3) is 5.86. The van der Waals surface area contributed by atoms with Crippen LogP contribution in [-0.4, -0.2) is 49.3 Å². The monoisotopic (exact) mass is 549 g/mol. The van der Waals surface area contributed by atoms with E-state index in [2.05, 4.69) is 22.9 Å². The summed E-state index contributed by atoms with van der Waals surface area (Å²) in [6.07, 6.45) is 4.27. The van der Waals surface area contributed by atoms with Gasteiger partial charge in [0.2, 0.25) is 0 Å². The van der Waals surface area contributed by atoms with E-state index in [-0.39, 0.29) is 5.82 Å². The number of rotatable bonds is 7. The normalized spacial score (nSPS) is 15.0. The highest BCUT2D eigenvalue weighted by atomic mass is 32.1. The first-order valence-corrected chi connectivity index (χ1v) is 13.7. The first-order valence-electron chi connectivity index (χ1n) is 12.9. The van der Waals surface area contributed by atoms with Gasteiger partial charge in [-0.2, -0.15) is 9.61 Å². The number of fused-ring (bicyclic) bond motifs is 1. The smallest absolute Gasteiger partial charge is 0.337 e. The van der Waals surface area contributed by atoms with Crippen molar-refractivity contribution in [3.63, 3.8) is 0 Å². The molecule has 0 fully saturated rings. The molecule has 1 aromatic carbocycles. The molecule has 0 bridgehead atoms. The minimum absolute atomic E-state index is 0.260. The summed E-state index contributed by atoms with van der Waals surface area (Å²) in [7, 11) is 0. The van der Waals surface area contributed by atoms with E-state index in [4.69, 9.17) is 14.8 Å². The van der Waals surface area contributed by atoms with E-state index >= 15 is 0 Å². The second kappa shape index (κ2) is 10.5. The van der Waals surface area contributed by atoms with E-state index in [0.717, 1.165) is 28.4 Å². The fourth-order valence-electron chi connectivity index (χ4n) is 4.69. The highest BCUT2D eigenvalue weighted by molar-refractivity contribution is 7.15. The Kier molecular flexibility index (Phi) is 7.26. The Balaban J connectivity index is 1.60. The molecule has 1 N–H and O–H groups in total. The molecule has 5 rings (SSSR count). The molecule has 3 aromatic heterocycles. The molecular weight excluding hydrogens is 517 g/mol. The molecular formula is C29H32FN5O3S. The Bertz CT molecular complexity index is 1550. The average Bonchev–Trinajstić information content (AvgIpc) is 3.50. The van der Waals surface area contributed by atoms with E-state index in [1.165, 1.54) is 29.0 Å². The lowest BCUT2D eigenvalue weighted by molar-refractivity contribution is -0.160. The van der Waals surface area contributed by atoms with E-state index < -0.39 is 17.7 Å². The lowest BCUT2D eigenvalue weighted by Crippen LogP contribution is -2.35. The summed E-state index contributed by atoms with van der Waals surface area (Å²) >= 11 is 1.52. The predicted octanol–water partition coefficient (Wildman–Crippen LogP) is 5.99. The third-order valence-electron chi connectivity index (χ3n) is 6.56. The molecule has 0 radical (unpaired) electrons. The number of hydrogen-bond acceptors (Lipinski definition) is 7. The van der Waals surface area contributed by atoms with Crippen LogP contribution in [0.4, 0.5) is 10.2 Å². The molecule has 8 nitrogen and oxygen atoms in total.